The standard InChI is InChI=1S/C19H32N2O3S/c1-5-17-9-6-7-13-21(17)14-8-12-20-25(22,23)19-11-10-18(24-4)15(2)16(19)3/h10-11,17,20H,5-9,12-14H2,1-4H3/t17-/m0/s1. The highest BCUT2D eigenvalue weighted by atomic mass is 32.2. The first kappa shape index (κ1) is 20.2. The van der Waals surface area contributed by atoms with Crippen molar-refractivity contribution in [3.63, 3.8) is 0 Å². The van der Waals surface area contributed by atoms with Gasteiger partial charge in [0.2, 0.25) is 10.0 Å². The third-order valence-electron chi connectivity index (χ3n) is 5.33. The topological polar surface area (TPSA) is 58.6 Å². The molecule has 5 nitrogen and oxygen atoms in total. The number of piperidine rings is 1. The maximum absolute atomic E-state index is 12.6. The van der Waals surface area contributed by atoms with Crippen molar-refractivity contribution in [2.24, 2.45) is 0 Å². The molecule has 0 saturated carbocycles. The van der Waals surface area contributed by atoms with Crippen molar-refractivity contribution in [3.05, 3.63) is 23.3 Å². The molecule has 0 radical (unpaired) electrons. The van der Waals surface area contributed by atoms with E-state index in [0.717, 1.165) is 30.6 Å². The lowest BCUT2D eigenvalue weighted by Crippen LogP contribution is -2.40. The van der Waals surface area contributed by atoms with E-state index >= 15 is 0 Å². The number of sulfonamides is 1. The van der Waals surface area contributed by atoms with Gasteiger partial charge in [-0.3, -0.25) is 0 Å². The van der Waals surface area contributed by atoms with E-state index in [1.807, 2.05) is 13.8 Å². The van der Waals surface area contributed by atoms with Gasteiger partial charge in [0.1, 0.15) is 5.75 Å². The highest BCUT2D eigenvalue weighted by Crippen LogP contribution is 2.26. The van der Waals surface area contributed by atoms with Gasteiger partial charge in [0.05, 0.1) is 12.0 Å². The van der Waals surface area contributed by atoms with Crippen molar-refractivity contribution in [1.82, 2.24) is 9.62 Å². The largest absolute Gasteiger partial charge is 0.496 e. The van der Waals surface area contributed by atoms with Crippen LogP contribution in [0.2, 0.25) is 0 Å². The van der Waals surface area contributed by atoms with Crippen molar-refractivity contribution >= 4 is 10.0 Å². The molecule has 1 heterocycles. The molecule has 1 aromatic carbocycles. The third-order valence-corrected chi connectivity index (χ3v) is 6.94. The fourth-order valence-corrected chi connectivity index (χ4v) is 5.04. The summed E-state index contributed by atoms with van der Waals surface area (Å²) in [4.78, 5) is 2.86. The molecular weight excluding hydrogens is 336 g/mol. The first-order valence-corrected chi connectivity index (χ1v) is 10.8. The molecule has 0 unspecified atom stereocenters. The minimum atomic E-state index is -3.48. The maximum atomic E-state index is 12.6. The van der Waals surface area contributed by atoms with Crippen LogP contribution in [0.25, 0.3) is 0 Å². The lowest BCUT2D eigenvalue weighted by Gasteiger charge is -2.35. The van der Waals surface area contributed by atoms with Crippen LogP contribution in [0.4, 0.5) is 0 Å². The molecule has 1 aliphatic rings. The van der Waals surface area contributed by atoms with Gasteiger partial charge in [-0.15, -0.1) is 0 Å². The van der Waals surface area contributed by atoms with Crippen molar-refractivity contribution < 1.29 is 13.2 Å². The number of methoxy groups -OCH3 is 1. The molecule has 142 valence electrons. The molecule has 1 N–H and O–H groups in total. The number of hydrogen-bond acceptors (Lipinski definition) is 4. The Kier molecular flexibility index (Phi) is 7.28. The smallest absolute Gasteiger partial charge is 0.240 e. The Hall–Kier alpha value is -1.11. The van der Waals surface area contributed by atoms with E-state index in [1.54, 1.807) is 19.2 Å². The summed E-state index contributed by atoms with van der Waals surface area (Å²) in [6.07, 6.45) is 5.86. The zero-order chi connectivity index (χ0) is 18.4. The summed E-state index contributed by atoms with van der Waals surface area (Å²) in [5.74, 6) is 0.715. The normalized spacial score (nSPS) is 19.1. The number of nitrogens with one attached hydrogen (secondary N) is 1. The van der Waals surface area contributed by atoms with Gasteiger partial charge in [-0.25, -0.2) is 13.1 Å². The van der Waals surface area contributed by atoms with Crippen LogP contribution in [-0.4, -0.2) is 46.1 Å². The lowest BCUT2D eigenvalue weighted by atomic mass is 10.00. The summed E-state index contributed by atoms with van der Waals surface area (Å²) < 4.78 is 33.2. The van der Waals surface area contributed by atoms with Crippen molar-refractivity contribution in [1.29, 1.82) is 0 Å². The second kappa shape index (κ2) is 9.01. The predicted octanol–water partition coefficient (Wildman–Crippen LogP) is 3.24. The van der Waals surface area contributed by atoms with E-state index < -0.39 is 10.0 Å². The van der Waals surface area contributed by atoms with Crippen LogP contribution in [0.1, 0.15) is 50.2 Å². The molecule has 1 aliphatic heterocycles. The number of nitrogens with zero attached hydrogens (tertiary/aromatic N) is 1. The van der Waals surface area contributed by atoms with Crippen LogP contribution < -0.4 is 9.46 Å². The highest BCUT2D eigenvalue weighted by Gasteiger charge is 2.21. The molecule has 0 spiro atoms. The number of hydrogen-bond donors (Lipinski definition) is 1. The molecule has 1 saturated heterocycles. The van der Waals surface area contributed by atoms with Gasteiger partial charge in [-0.05, 0) is 75.9 Å². The number of likely N-dealkylation sites (tertiary alicyclic amines) is 1. The van der Waals surface area contributed by atoms with Gasteiger partial charge in [-0.2, -0.15) is 0 Å². The molecule has 25 heavy (non-hydrogen) atoms. The molecule has 2 rings (SSSR count). The second-order valence-electron chi connectivity index (χ2n) is 6.86. The van der Waals surface area contributed by atoms with Gasteiger partial charge < -0.3 is 9.64 Å². The van der Waals surface area contributed by atoms with Gasteiger partial charge >= 0.3 is 0 Å². The zero-order valence-electron chi connectivity index (χ0n) is 16.0. The first-order chi connectivity index (χ1) is 11.9. The van der Waals surface area contributed by atoms with E-state index in [9.17, 15) is 8.42 Å². The van der Waals surface area contributed by atoms with E-state index in [4.69, 9.17) is 4.74 Å². The Labute approximate surface area is 152 Å². The molecule has 6 heteroatoms. The Morgan fingerprint density at radius 3 is 2.68 bits per heavy atom. The first-order valence-electron chi connectivity index (χ1n) is 9.28. The van der Waals surface area contributed by atoms with Gasteiger partial charge in [0.15, 0.2) is 0 Å². The quantitative estimate of drug-likeness (QED) is 0.716. The molecule has 1 fully saturated rings. The molecule has 0 bridgehead atoms. The average molecular weight is 369 g/mol. The second-order valence-corrected chi connectivity index (χ2v) is 8.60. The van der Waals surface area contributed by atoms with E-state index in [0.29, 0.717) is 23.2 Å². The van der Waals surface area contributed by atoms with Crippen LogP contribution >= 0.6 is 0 Å². The van der Waals surface area contributed by atoms with Crippen LogP contribution in [0.5, 0.6) is 5.75 Å². The lowest BCUT2D eigenvalue weighted by molar-refractivity contribution is 0.143. The predicted molar refractivity (Wildman–Crippen MR) is 102 cm³/mol. The summed E-state index contributed by atoms with van der Waals surface area (Å²) in [6.45, 7) is 8.52. The molecule has 0 aromatic heterocycles. The van der Waals surface area contributed by atoms with Crippen molar-refractivity contribution in [2.45, 2.75) is 63.8 Å². The summed E-state index contributed by atoms with van der Waals surface area (Å²) in [5, 5.41) is 0. The zero-order valence-corrected chi connectivity index (χ0v) is 16.8. The Morgan fingerprint density at radius 1 is 1.24 bits per heavy atom. The van der Waals surface area contributed by atoms with Crippen LogP contribution in [0.3, 0.4) is 0 Å². The average Bonchev–Trinajstić information content (AvgIpc) is 2.61. The SMILES string of the molecule is CC[C@H]1CCCCN1CCCNS(=O)(=O)c1ccc(OC)c(C)c1C. The number of rotatable bonds is 8. The van der Waals surface area contributed by atoms with E-state index in [1.165, 1.54) is 25.7 Å². The minimum absolute atomic E-state index is 0.343. The van der Waals surface area contributed by atoms with Crippen LogP contribution in [0, 0.1) is 13.8 Å². The van der Waals surface area contributed by atoms with Gasteiger partial charge in [-0.1, -0.05) is 13.3 Å². The minimum Gasteiger partial charge on any atom is -0.496 e. The van der Waals surface area contributed by atoms with Gasteiger partial charge in [0, 0.05) is 12.6 Å². The Bertz CT molecular complexity index is 673. The summed E-state index contributed by atoms with van der Waals surface area (Å²) in [7, 11) is -1.89. The molecule has 1 atom stereocenters. The fraction of sp³-hybridized carbons (Fsp3) is 0.684. The van der Waals surface area contributed by atoms with Crippen molar-refractivity contribution in [3.8, 4) is 5.75 Å². The van der Waals surface area contributed by atoms with Crippen molar-refractivity contribution in [2.75, 3.05) is 26.7 Å². The van der Waals surface area contributed by atoms with E-state index in [-0.39, 0.29) is 0 Å². The molecule has 1 aromatic rings. The number of benzene rings is 1. The molecular formula is C19H32N2O3S. The fourth-order valence-electron chi connectivity index (χ4n) is 3.67. The Morgan fingerprint density at radius 2 is 2.00 bits per heavy atom. The van der Waals surface area contributed by atoms with Crippen LogP contribution in [0.15, 0.2) is 17.0 Å². The summed E-state index contributed by atoms with van der Waals surface area (Å²) in [6, 6.07) is 4.01. The molecule has 0 aliphatic carbocycles. The molecule has 0 amide bonds. The number of ether oxygens (including phenoxy) is 1. The summed E-state index contributed by atoms with van der Waals surface area (Å²) in [5.41, 5.74) is 1.61. The third kappa shape index (κ3) is 4.96. The van der Waals surface area contributed by atoms with Crippen LogP contribution in [-0.2, 0) is 10.0 Å². The highest BCUT2D eigenvalue weighted by molar-refractivity contribution is 7.89. The van der Waals surface area contributed by atoms with Gasteiger partial charge in [0.25, 0.3) is 0 Å². The Balaban J connectivity index is 1.92. The maximum Gasteiger partial charge on any atom is 0.240 e. The monoisotopic (exact) mass is 368 g/mol. The van der Waals surface area contributed by atoms with E-state index in [2.05, 4.69) is 16.5 Å². The summed E-state index contributed by atoms with van der Waals surface area (Å²) >= 11 is 0.